The van der Waals surface area contributed by atoms with Crippen molar-refractivity contribution in [3.8, 4) is 5.75 Å². The molecule has 2 heterocycles. The third-order valence-electron chi connectivity index (χ3n) is 2.06. The van der Waals surface area contributed by atoms with Gasteiger partial charge in [-0.15, -0.1) is 11.3 Å². The quantitative estimate of drug-likeness (QED) is 0.941. The molecule has 0 fully saturated rings. The second-order valence-corrected chi connectivity index (χ2v) is 5.07. The molecule has 0 bridgehead atoms. The van der Waals surface area contributed by atoms with Crippen LogP contribution >= 0.6 is 27.3 Å². The molecule has 2 rings (SSSR count). The Morgan fingerprint density at radius 1 is 1.53 bits per heavy atom. The predicted molar refractivity (Wildman–Crippen MR) is 67.3 cm³/mol. The van der Waals surface area contributed by atoms with Crippen LogP contribution in [0.5, 0.6) is 5.75 Å². The summed E-state index contributed by atoms with van der Waals surface area (Å²) in [5.41, 5.74) is -0.298. The van der Waals surface area contributed by atoms with E-state index < -0.39 is 0 Å². The molecule has 2 aromatic rings. The van der Waals surface area contributed by atoms with E-state index in [0.29, 0.717) is 6.61 Å². The van der Waals surface area contributed by atoms with Gasteiger partial charge >= 0.3 is 0 Å². The van der Waals surface area contributed by atoms with E-state index in [9.17, 15) is 4.79 Å². The van der Waals surface area contributed by atoms with Gasteiger partial charge in [-0.3, -0.25) is 4.79 Å². The molecule has 2 aromatic heterocycles. The summed E-state index contributed by atoms with van der Waals surface area (Å²) in [5.74, 6) is 0.363. The molecule has 0 aliphatic heterocycles. The van der Waals surface area contributed by atoms with E-state index in [1.807, 2.05) is 11.4 Å². The first-order valence-electron chi connectivity index (χ1n) is 4.78. The van der Waals surface area contributed by atoms with Gasteiger partial charge in [-0.25, -0.2) is 0 Å². The van der Waals surface area contributed by atoms with Crippen LogP contribution in [0.3, 0.4) is 0 Å². The summed E-state index contributed by atoms with van der Waals surface area (Å²) in [6.07, 6.45) is 1.22. The van der Waals surface area contributed by atoms with Crippen LogP contribution in [0, 0.1) is 0 Å². The zero-order chi connectivity index (χ0) is 12.3. The van der Waals surface area contributed by atoms with Crippen molar-refractivity contribution in [2.45, 2.75) is 13.2 Å². The maximum Gasteiger partial charge on any atom is 0.227 e. The number of hydrogen-bond donors (Lipinski definition) is 1. The van der Waals surface area contributed by atoms with Crippen molar-refractivity contribution in [3.05, 3.63) is 49.1 Å². The molecule has 4 nitrogen and oxygen atoms in total. The van der Waals surface area contributed by atoms with Crippen molar-refractivity contribution >= 4 is 27.3 Å². The summed E-state index contributed by atoms with van der Waals surface area (Å²) in [7, 11) is 0. The Morgan fingerprint density at radius 3 is 2.94 bits per heavy atom. The van der Waals surface area contributed by atoms with Crippen LogP contribution < -0.4 is 10.2 Å². The van der Waals surface area contributed by atoms with Crippen molar-refractivity contribution < 1.29 is 14.3 Å². The highest BCUT2D eigenvalue weighted by molar-refractivity contribution is 9.10. The van der Waals surface area contributed by atoms with Gasteiger partial charge in [0.1, 0.15) is 25.2 Å². The second-order valence-electron chi connectivity index (χ2n) is 3.21. The van der Waals surface area contributed by atoms with Crippen molar-refractivity contribution in [3.63, 3.8) is 0 Å². The summed E-state index contributed by atoms with van der Waals surface area (Å²) in [5, 5.41) is 10.7. The number of thiophene rings is 1. The van der Waals surface area contributed by atoms with Crippen molar-refractivity contribution in [2.24, 2.45) is 0 Å². The lowest BCUT2D eigenvalue weighted by Crippen LogP contribution is -2.07. The highest BCUT2D eigenvalue weighted by atomic mass is 79.9. The fourth-order valence-corrected chi connectivity index (χ4v) is 2.58. The Balaban J connectivity index is 2.10. The Hall–Kier alpha value is -1.11. The van der Waals surface area contributed by atoms with Crippen molar-refractivity contribution in [1.82, 2.24) is 0 Å². The zero-order valence-electron chi connectivity index (χ0n) is 8.68. The zero-order valence-corrected chi connectivity index (χ0v) is 11.1. The standard InChI is InChI=1S/C11H9BrO4S/c12-8-1-2-17-11(8)6-16-10-5-15-7(4-13)3-9(10)14/h1-3,5,13H,4,6H2. The van der Waals surface area contributed by atoms with Crippen LogP contribution in [-0.4, -0.2) is 5.11 Å². The van der Waals surface area contributed by atoms with Crippen LogP contribution in [0.25, 0.3) is 0 Å². The summed E-state index contributed by atoms with van der Waals surface area (Å²) < 4.78 is 11.3. The first-order chi connectivity index (χ1) is 8.20. The van der Waals surface area contributed by atoms with Crippen LogP contribution in [0.1, 0.15) is 10.6 Å². The second kappa shape index (κ2) is 5.48. The molecule has 0 saturated heterocycles. The van der Waals surface area contributed by atoms with Crippen LogP contribution in [-0.2, 0) is 13.2 Å². The normalized spacial score (nSPS) is 10.5. The molecular formula is C11H9BrO4S. The lowest BCUT2D eigenvalue weighted by Gasteiger charge is -2.04. The lowest BCUT2D eigenvalue weighted by atomic mass is 10.4. The molecule has 0 aliphatic rings. The van der Waals surface area contributed by atoms with Crippen LogP contribution in [0.2, 0.25) is 0 Å². The smallest absolute Gasteiger partial charge is 0.227 e. The molecule has 0 saturated carbocycles. The Morgan fingerprint density at radius 2 is 2.35 bits per heavy atom. The average molecular weight is 317 g/mol. The van der Waals surface area contributed by atoms with Gasteiger partial charge in [-0.1, -0.05) is 0 Å². The number of halogens is 1. The van der Waals surface area contributed by atoms with Gasteiger partial charge < -0.3 is 14.3 Å². The SMILES string of the molecule is O=c1cc(CO)occ1OCc1sccc1Br. The highest BCUT2D eigenvalue weighted by Gasteiger charge is 2.06. The Bertz CT molecular complexity index is 561. The first kappa shape index (κ1) is 12.3. The predicted octanol–water partition coefficient (Wildman–Crippen LogP) is 2.54. The van der Waals surface area contributed by atoms with Crippen molar-refractivity contribution in [1.29, 1.82) is 0 Å². The molecule has 0 amide bonds. The molecule has 0 aliphatic carbocycles. The third kappa shape index (κ3) is 2.96. The van der Waals surface area contributed by atoms with Crippen molar-refractivity contribution in [2.75, 3.05) is 0 Å². The van der Waals surface area contributed by atoms with Gasteiger partial charge in [0, 0.05) is 10.5 Å². The minimum Gasteiger partial charge on any atom is -0.481 e. The van der Waals surface area contributed by atoms with Gasteiger partial charge in [-0.05, 0) is 27.4 Å². The molecular weight excluding hydrogens is 308 g/mol. The molecule has 0 radical (unpaired) electrons. The van der Waals surface area contributed by atoms with Gasteiger partial charge in [0.05, 0.1) is 4.88 Å². The van der Waals surface area contributed by atoms with Crippen LogP contribution in [0.4, 0.5) is 0 Å². The summed E-state index contributed by atoms with van der Waals surface area (Å²) >= 11 is 4.91. The molecule has 90 valence electrons. The number of ether oxygens (including phenoxy) is 1. The van der Waals surface area contributed by atoms with E-state index in [-0.39, 0.29) is 23.5 Å². The third-order valence-corrected chi connectivity index (χ3v) is 3.96. The molecule has 0 unspecified atom stereocenters. The topological polar surface area (TPSA) is 59.7 Å². The number of aliphatic hydroxyl groups excluding tert-OH is 1. The van der Waals surface area contributed by atoms with E-state index in [2.05, 4.69) is 15.9 Å². The average Bonchev–Trinajstić information content (AvgIpc) is 2.73. The van der Waals surface area contributed by atoms with Gasteiger partial charge in [0.2, 0.25) is 11.2 Å². The summed E-state index contributed by atoms with van der Waals surface area (Å²) in [4.78, 5) is 12.5. The molecule has 0 atom stereocenters. The van der Waals surface area contributed by atoms with E-state index in [1.165, 1.54) is 23.7 Å². The van der Waals surface area contributed by atoms with E-state index in [1.54, 1.807) is 0 Å². The minimum atomic E-state index is -0.300. The van der Waals surface area contributed by atoms with Gasteiger partial charge in [0.25, 0.3) is 0 Å². The molecule has 17 heavy (non-hydrogen) atoms. The molecule has 0 spiro atoms. The van der Waals surface area contributed by atoms with Gasteiger partial charge in [0.15, 0.2) is 0 Å². The van der Waals surface area contributed by atoms with Gasteiger partial charge in [-0.2, -0.15) is 0 Å². The number of aliphatic hydroxyl groups is 1. The minimum absolute atomic E-state index is 0.141. The number of hydrogen-bond acceptors (Lipinski definition) is 5. The van der Waals surface area contributed by atoms with E-state index in [4.69, 9.17) is 14.3 Å². The molecule has 6 heteroatoms. The monoisotopic (exact) mass is 316 g/mol. The van der Waals surface area contributed by atoms with Crippen LogP contribution in [0.15, 0.2) is 37.5 Å². The summed E-state index contributed by atoms with van der Waals surface area (Å²) in [6, 6.07) is 3.14. The Kier molecular flexibility index (Phi) is 3.98. The largest absolute Gasteiger partial charge is 0.481 e. The lowest BCUT2D eigenvalue weighted by molar-refractivity contribution is 0.236. The van der Waals surface area contributed by atoms with E-state index >= 15 is 0 Å². The summed E-state index contributed by atoms with van der Waals surface area (Å²) in [6.45, 7) is 0.00742. The molecule has 0 aromatic carbocycles. The maximum absolute atomic E-state index is 11.5. The Labute approximate surface area is 110 Å². The highest BCUT2D eigenvalue weighted by Crippen LogP contribution is 2.23. The first-order valence-corrected chi connectivity index (χ1v) is 6.45. The number of rotatable bonds is 4. The maximum atomic E-state index is 11.5. The fraction of sp³-hybridized carbons (Fsp3) is 0.182. The molecule has 1 N–H and O–H groups in total. The van der Waals surface area contributed by atoms with E-state index in [0.717, 1.165) is 9.35 Å². The fourth-order valence-electron chi connectivity index (χ4n) is 1.20.